The van der Waals surface area contributed by atoms with Crippen molar-refractivity contribution >= 4 is 5.69 Å². The summed E-state index contributed by atoms with van der Waals surface area (Å²) in [6.07, 6.45) is 0. The van der Waals surface area contributed by atoms with Crippen molar-refractivity contribution in [2.75, 3.05) is 12.5 Å². The third-order valence-electron chi connectivity index (χ3n) is 2.74. The highest BCUT2D eigenvalue weighted by atomic mass is 16.7. The summed E-state index contributed by atoms with van der Waals surface area (Å²) in [5.41, 5.74) is 7.77. The molecule has 0 saturated carbocycles. The number of benzene rings is 2. The summed E-state index contributed by atoms with van der Waals surface area (Å²) in [6, 6.07) is 10.8. The summed E-state index contributed by atoms with van der Waals surface area (Å²) in [5, 5.41) is 9.57. The number of fused-ring (bicyclic) bond motifs is 1. The zero-order chi connectivity index (χ0) is 11.8. The van der Waals surface area contributed by atoms with Gasteiger partial charge in [-0.1, -0.05) is 12.1 Å². The SMILES string of the molecule is Nc1ccc(-c2ccc3c(c2)OCO3)cc1O. The van der Waals surface area contributed by atoms with Crippen LogP contribution in [0.15, 0.2) is 36.4 Å². The van der Waals surface area contributed by atoms with E-state index in [9.17, 15) is 5.11 Å². The minimum Gasteiger partial charge on any atom is -0.506 e. The number of hydrogen-bond acceptors (Lipinski definition) is 4. The van der Waals surface area contributed by atoms with E-state index in [1.807, 2.05) is 24.3 Å². The van der Waals surface area contributed by atoms with E-state index in [0.29, 0.717) is 5.69 Å². The first kappa shape index (κ1) is 9.84. The van der Waals surface area contributed by atoms with Crippen LogP contribution < -0.4 is 15.2 Å². The van der Waals surface area contributed by atoms with Crippen LogP contribution in [-0.2, 0) is 0 Å². The van der Waals surface area contributed by atoms with Crippen molar-refractivity contribution in [2.24, 2.45) is 0 Å². The quantitative estimate of drug-likeness (QED) is 0.582. The molecule has 0 aliphatic carbocycles. The molecule has 2 aromatic rings. The van der Waals surface area contributed by atoms with E-state index in [4.69, 9.17) is 15.2 Å². The van der Waals surface area contributed by atoms with Crippen molar-refractivity contribution in [3.63, 3.8) is 0 Å². The van der Waals surface area contributed by atoms with Gasteiger partial charge in [0.1, 0.15) is 5.75 Å². The number of aromatic hydroxyl groups is 1. The second-order valence-corrected chi connectivity index (χ2v) is 3.84. The molecule has 0 aromatic heterocycles. The monoisotopic (exact) mass is 229 g/mol. The average Bonchev–Trinajstić information content (AvgIpc) is 2.79. The lowest BCUT2D eigenvalue weighted by Crippen LogP contribution is -1.92. The molecule has 1 aliphatic heterocycles. The first-order chi connectivity index (χ1) is 8.24. The van der Waals surface area contributed by atoms with E-state index >= 15 is 0 Å². The Morgan fingerprint density at radius 1 is 0.941 bits per heavy atom. The molecule has 0 saturated heterocycles. The summed E-state index contributed by atoms with van der Waals surface area (Å²) in [4.78, 5) is 0. The number of hydrogen-bond donors (Lipinski definition) is 2. The molecule has 0 fully saturated rings. The van der Waals surface area contributed by atoms with Crippen LogP contribution >= 0.6 is 0 Å². The second-order valence-electron chi connectivity index (χ2n) is 3.84. The predicted molar refractivity (Wildman–Crippen MR) is 64.1 cm³/mol. The Kier molecular flexibility index (Phi) is 2.08. The zero-order valence-corrected chi connectivity index (χ0v) is 9.01. The minimum absolute atomic E-state index is 0.0835. The Balaban J connectivity index is 2.06. The molecule has 0 atom stereocenters. The molecule has 3 rings (SSSR count). The van der Waals surface area contributed by atoms with E-state index in [2.05, 4.69) is 0 Å². The van der Waals surface area contributed by atoms with Crippen molar-refractivity contribution in [1.29, 1.82) is 0 Å². The highest BCUT2D eigenvalue weighted by molar-refractivity contribution is 5.71. The molecule has 86 valence electrons. The van der Waals surface area contributed by atoms with Gasteiger partial charge < -0.3 is 20.3 Å². The van der Waals surface area contributed by atoms with Crippen molar-refractivity contribution in [1.82, 2.24) is 0 Å². The lowest BCUT2D eigenvalue weighted by molar-refractivity contribution is 0.174. The molecule has 0 bridgehead atoms. The molecular weight excluding hydrogens is 218 g/mol. The molecule has 0 amide bonds. The van der Waals surface area contributed by atoms with Crippen LogP contribution in [0, 0.1) is 0 Å². The average molecular weight is 229 g/mol. The van der Waals surface area contributed by atoms with E-state index in [-0.39, 0.29) is 12.5 Å². The third kappa shape index (κ3) is 1.63. The van der Waals surface area contributed by atoms with Crippen LogP contribution in [0.1, 0.15) is 0 Å². The van der Waals surface area contributed by atoms with E-state index in [1.165, 1.54) is 0 Å². The first-order valence-corrected chi connectivity index (χ1v) is 5.22. The van der Waals surface area contributed by atoms with Crippen LogP contribution in [0.5, 0.6) is 17.2 Å². The summed E-state index contributed by atoms with van der Waals surface area (Å²) >= 11 is 0. The minimum atomic E-state index is 0.0835. The number of phenols is 1. The van der Waals surface area contributed by atoms with Crippen LogP contribution in [0.2, 0.25) is 0 Å². The molecule has 4 nitrogen and oxygen atoms in total. The van der Waals surface area contributed by atoms with Gasteiger partial charge in [0.05, 0.1) is 5.69 Å². The molecular formula is C13H11NO3. The van der Waals surface area contributed by atoms with Gasteiger partial charge in [-0.2, -0.15) is 0 Å². The second kappa shape index (κ2) is 3.59. The Morgan fingerprint density at radius 2 is 1.65 bits per heavy atom. The maximum absolute atomic E-state index is 9.57. The number of ether oxygens (including phenoxy) is 2. The smallest absolute Gasteiger partial charge is 0.231 e. The normalized spacial score (nSPS) is 12.7. The summed E-state index contributed by atoms with van der Waals surface area (Å²) in [7, 11) is 0. The van der Waals surface area contributed by atoms with Gasteiger partial charge in [0.25, 0.3) is 0 Å². The van der Waals surface area contributed by atoms with Crippen LogP contribution in [-0.4, -0.2) is 11.9 Å². The molecule has 17 heavy (non-hydrogen) atoms. The number of nitrogens with two attached hydrogens (primary N) is 1. The van der Waals surface area contributed by atoms with E-state index < -0.39 is 0 Å². The molecule has 1 heterocycles. The van der Waals surface area contributed by atoms with E-state index in [1.54, 1.807) is 12.1 Å². The first-order valence-electron chi connectivity index (χ1n) is 5.22. The Hall–Kier alpha value is -2.36. The standard InChI is InChI=1S/C13H11NO3/c14-10-3-1-8(5-11(10)15)9-2-4-12-13(6-9)17-7-16-12/h1-6,15H,7,14H2. The molecule has 1 aliphatic rings. The van der Waals surface area contributed by atoms with Crippen molar-refractivity contribution < 1.29 is 14.6 Å². The molecule has 3 N–H and O–H groups in total. The highest BCUT2D eigenvalue weighted by Crippen LogP contribution is 2.37. The molecule has 0 unspecified atom stereocenters. The predicted octanol–water partition coefficient (Wildman–Crippen LogP) is 2.37. The summed E-state index contributed by atoms with van der Waals surface area (Å²) in [5.74, 6) is 1.55. The summed E-state index contributed by atoms with van der Waals surface area (Å²) < 4.78 is 10.5. The van der Waals surface area contributed by atoms with Gasteiger partial charge >= 0.3 is 0 Å². The van der Waals surface area contributed by atoms with Gasteiger partial charge in [-0.3, -0.25) is 0 Å². The van der Waals surface area contributed by atoms with Gasteiger partial charge in [0.2, 0.25) is 6.79 Å². The van der Waals surface area contributed by atoms with Gasteiger partial charge in [0.15, 0.2) is 11.5 Å². The fourth-order valence-corrected chi connectivity index (χ4v) is 1.80. The van der Waals surface area contributed by atoms with Crippen LogP contribution in [0.4, 0.5) is 5.69 Å². The van der Waals surface area contributed by atoms with Crippen LogP contribution in [0.25, 0.3) is 11.1 Å². The van der Waals surface area contributed by atoms with Crippen LogP contribution in [0.3, 0.4) is 0 Å². The number of anilines is 1. The third-order valence-corrected chi connectivity index (χ3v) is 2.74. The fourth-order valence-electron chi connectivity index (χ4n) is 1.80. The Morgan fingerprint density at radius 3 is 2.47 bits per heavy atom. The number of nitrogen functional groups attached to an aromatic ring is 1. The van der Waals surface area contributed by atoms with Gasteiger partial charge in [-0.05, 0) is 35.4 Å². The summed E-state index contributed by atoms with van der Waals surface area (Å²) in [6.45, 7) is 0.256. The molecule has 2 aromatic carbocycles. The Bertz CT molecular complexity index is 581. The number of rotatable bonds is 1. The van der Waals surface area contributed by atoms with Gasteiger partial charge in [0, 0.05) is 0 Å². The van der Waals surface area contributed by atoms with Gasteiger partial charge in [-0.25, -0.2) is 0 Å². The molecule has 4 heteroatoms. The van der Waals surface area contributed by atoms with Crippen molar-refractivity contribution in [2.45, 2.75) is 0 Å². The van der Waals surface area contributed by atoms with E-state index in [0.717, 1.165) is 22.6 Å². The number of phenolic OH excluding ortho intramolecular Hbond substituents is 1. The molecule has 0 radical (unpaired) electrons. The maximum Gasteiger partial charge on any atom is 0.231 e. The fraction of sp³-hybridized carbons (Fsp3) is 0.0769. The van der Waals surface area contributed by atoms with Crippen molar-refractivity contribution in [3.8, 4) is 28.4 Å². The lowest BCUT2D eigenvalue weighted by Gasteiger charge is -2.05. The highest BCUT2D eigenvalue weighted by Gasteiger charge is 2.14. The van der Waals surface area contributed by atoms with Gasteiger partial charge in [-0.15, -0.1) is 0 Å². The zero-order valence-electron chi connectivity index (χ0n) is 9.01. The maximum atomic E-state index is 9.57. The van der Waals surface area contributed by atoms with Crippen molar-refractivity contribution in [3.05, 3.63) is 36.4 Å². The molecule has 0 spiro atoms. The largest absolute Gasteiger partial charge is 0.506 e. The topological polar surface area (TPSA) is 64.7 Å². The lowest BCUT2D eigenvalue weighted by atomic mass is 10.0. The Labute approximate surface area is 98.2 Å².